The molecule has 0 spiro atoms. The molecule has 1 aromatic rings. The van der Waals surface area contributed by atoms with E-state index >= 15 is 0 Å². The number of amides is 1. The topological polar surface area (TPSA) is 32.3 Å². The number of halogens is 2. The quantitative estimate of drug-likeness (QED) is 0.929. The number of rotatable bonds is 3. The number of nitrogens with one attached hydrogen (secondary N) is 1. The van der Waals surface area contributed by atoms with Crippen LogP contribution in [0.5, 0.6) is 0 Å². The minimum Gasteiger partial charge on any atom is -0.338 e. The fourth-order valence-corrected chi connectivity index (χ4v) is 2.97. The maximum absolute atomic E-state index is 12.5. The molecule has 3 nitrogen and oxygen atoms in total. The molecule has 20 heavy (non-hydrogen) atoms. The highest BCUT2D eigenvalue weighted by Gasteiger charge is 2.24. The van der Waals surface area contributed by atoms with Gasteiger partial charge in [-0.2, -0.15) is 0 Å². The Balaban J connectivity index is 0.00000200. The molecule has 1 heterocycles. The molecule has 1 fully saturated rings. The van der Waals surface area contributed by atoms with E-state index in [0.717, 1.165) is 37.2 Å². The van der Waals surface area contributed by atoms with Crippen molar-refractivity contribution in [3.05, 3.63) is 34.3 Å². The summed E-state index contributed by atoms with van der Waals surface area (Å²) in [5.41, 5.74) is 1.72. The zero-order chi connectivity index (χ0) is 13.8. The molecule has 2 rings (SSSR count). The van der Waals surface area contributed by atoms with E-state index in [1.54, 1.807) is 6.07 Å². The van der Waals surface area contributed by atoms with E-state index in [4.69, 9.17) is 11.6 Å². The van der Waals surface area contributed by atoms with Crippen LogP contribution < -0.4 is 5.32 Å². The molecule has 1 aromatic carbocycles. The molecule has 112 valence electrons. The highest BCUT2D eigenvalue weighted by atomic mass is 35.5. The van der Waals surface area contributed by atoms with Crippen molar-refractivity contribution < 1.29 is 4.79 Å². The number of carbonyl (C=O) groups is 1. The third-order valence-corrected chi connectivity index (χ3v) is 3.95. The Labute approximate surface area is 132 Å². The third kappa shape index (κ3) is 4.11. The summed E-state index contributed by atoms with van der Waals surface area (Å²) in [6, 6.07) is 5.47. The van der Waals surface area contributed by atoms with Crippen LogP contribution in [-0.4, -0.2) is 37.5 Å². The average molecular weight is 317 g/mol. The smallest absolute Gasteiger partial charge is 0.254 e. The Morgan fingerprint density at radius 2 is 2.25 bits per heavy atom. The van der Waals surface area contributed by atoms with Gasteiger partial charge in [-0.05, 0) is 63.0 Å². The van der Waals surface area contributed by atoms with E-state index in [0.29, 0.717) is 10.9 Å². The van der Waals surface area contributed by atoms with Gasteiger partial charge in [-0.15, -0.1) is 12.4 Å². The SMILES string of the molecule is CNCC1CCCN(C(=O)c2ccc(Cl)cc2C)C1.Cl. The summed E-state index contributed by atoms with van der Waals surface area (Å²) >= 11 is 5.94. The van der Waals surface area contributed by atoms with Gasteiger partial charge >= 0.3 is 0 Å². The number of hydrogen-bond acceptors (Lipinski definition) is 2. The lowest BCUT2D eigenvalue weighted by Gasteiger charge is -2.33. The Hall–Kier alpha value is -0.770. The largest absolute Gasteiger partial charge is 0.338 e. The summed E-state index contributed by atoms with van der Waals surface area (Å²) in [5.74, 6) is 0.699. The molecule has 0 aliphatic carbocycles. The van der Waals surface area contributed by atoms with Gasteiger partial charge in [0.15, 0.2) is 0 Å². The maximum Gasteiger partial charge on any atom is 0.254 e. The van der Waals surface area contributed by atoms with Crippen LogP contribution in [0.25, 0.3) is 0 Å². The first-order chi connectivity index (χ1) is 9.11. The summed E-state index contributed by atoms with van der Waals surface area (Å²) in [6.07, 6.45) is 2.29. The fraction of sp³-hybridized carbons (Fsp3) is 0.533. The molecule has 1 unspecified atom stereocenters. The highest BCUT2D eigenvalue weighted by Crippen LogP contribution is 2.21. The predicted molar refractivity (Wildman–Crippen MR) is 86.0 cm³/mol. The third-order valence-electron chi connectivity index (χ3n) is 3.72. The molecule has 0 radical (unpaired) electrons. The van der Waals surface area contributed by atoms with Gasteiger partial charge in [-0.3, -0.25) is 4.79 Å². The zero-order valence-corrected chi connectivity index (χ0v) is 13.6. The molecule has 1 aliphatic heterocycles. The van der Waals surface area contributed by atoms with E-state index in [1.165, 1.54) is 6.42 Å². The van der Waals surface area contributed by atoms with E-state index in [1.807, 2.05) is 31.0 Å². The highest BCUT2D eigenvalue weighted by molar-refractivity contribution is 6.30. The molecule has 1 aliphatic rings. The number of benzene rings is 1. The van der Waals surface area contributed by atoms with Gasteiger partial charge in [0.1, 0.15) is 0 Å². The first-order valence-electron chi connectivity index (χ1n) is 6.82. The van der Waals surface area contributed by atoms with Gasteiger partial charge in [-0.25, -0.2) is 0 Å². The monoisotopic (exact) mass is 316 g/mol. The van der Waals surface area contributed by atoms with Crippen LogP contribution in [-0.2, 0) is 0 Å². The van der Waals surface area contributed by atoms with E-state index in [-0.39, 0.29) is 18.3 Å². The maximum atomic E-state index is 12.5. The standard InChI is InChI=1S/C15H21ClN2O.ClH/c1-11-8-13(16)5-6-14(11)15(19)18-7-3-4-12(10-18)9-17-2;/h5-6,8,12,17H,3-4,7,9-10H2,1-2H3;1H. The van der Waals surface area contributed by atoms with Crippen molar-refractivity contribution in [3.63, 3.8) is 0 Å². The second-order valence-electron chi connectivity index (χ2n) is 5.28. The van der Waals surface area contributed by atoms with Gasteiger partial charge in [0.05, 0.1) is 0 Å². The molecule has 0 bridgehead atoms. The Morgan fingerprint density at radius 3 is 2.90 bits per heavy atom. The van der Waals surface area contributed by atoms with Crippen molar-refractivity contribution in [1.82, 2.24) is 10.2 Å². The number of piperidine rings is 1. The van der Waals surface area contributed by atoms with Gasteiger partial charge < -0.3 is 10.2 Å². The van der Waals surface area contributed by atoms with Crippen molar-refractivity contribution in [2.75, 3.05) is 26.7 Å². The first kappa shape index (κ1) is 17.3. The van der Waals surface area contributed by atoms with Crippen LogP contribution in [0.4, 0.5) is 0 Å². The molecule has 1 N–H and O–H groups in total. The molecule has 1 saturated heterocycles. The Bertz CT molecular complexity index is 463. The lowest BCUT2D eigenvalue weighted by atomic mass is 9.97. The number of aryl methyl sites for hydroxylation is 1. The van der Waals surface area contributed by atoms with E-state index in [9.17, 15) is 4.79 Å². The van der Waals surface area contributed by atoms with Crippen molar-refractivity contribution in [2.45, 2.75) is 19.8 Å². The van der Waals surface area contributed by atoms with Crippen LogP contribution >= 0.6 is 24.0 Å². The predicted octanol–water partition coefficient (Wildman–Crippen LogP) is 3.14. The van der Waals surface area contributed by atoms with Crippen molar-refractivity contribution in [1.29, 1.82) is 0 Å². The summed E-state index contributed by atoms with van der Waals surface area (Å²) in [5, 5.41) is 3.88. The van der Waals surface area contributed by atoms with Crippen LogP contribution in [0, 0.1) is 12.8 Å². The number of nitrogens with zero attached hydrogens (tertiary/aromatic N) is 1. The molecule has 0 saturated carbocycles. The molecule has 5 heteroatoms. The molecule has 0 aromatic heterocycles. The number of carbonyl (C=O) groups excluding carboxylic acids is 1. The lowest BCUT2D eigenvalue weighted by Crippen LogP contribution is -2.42. The normalized spacial score (nSPS) is 18.6. The minimum atomic E-state index is 0. The summed E-state index contributed by atoms with van der Waals surface area (Å²) in [4.78, 5) is 14.5. The Morgan fingerprint density at radius 1 is 1.50 bits per heavy atom. The van der Waals surface area contributed by atoms with Gasteiger partial charge in [-0.1, -0.05) is 11.6 Å². The summed E-state index contributed by atoms with van der Waals surface area (Å²) in [7, 11) is 1.96. The first-order valence-corrected chi connectivity index (χ1v) is 7.19. The van der Waals surface area contributed by atoms with Crippen molar-refractivity contribution in [3.8, 4) is 0 Å². The second-order valence-corrected chi connectivity index (χ2v) is 5.71. The summed E-state index contributed by atoms with van der Waals surface area (Å²) < 4.78 is 0. The van der Waals surface area contributed by atoms with Gasteiger partial charge in [0.25, 0.3) is 5.91 Å². The molecule has 1 amide bonds. The van der Waals surface area contributed by atoms with Gasteiger partial charge in [0, 0.05) is 23.7 Å². The minimum absolute atomic E-state index is 0. The Kier molecular flexibility index (Phi) is 6.80. The zero-order valence-electron chi connectivity index (χ0n) is 12.0. The fourth-order valence-electron chi connectivity index (χ4n) is 2.74. The molecular weight excluding hydrogens is 295 g/mol. The average Bonchev–Trinajstić information content (AvgIpc) is 2.39. The number of hydrogen-bond donors (Lipinski definition) is 1. The molecular formula is C15H22Cl2N2O. The van der Waals surface area contributed by atoms with Crippen molar-refractivity contribution >= 4 is 29.9 Å². The van der Waals surface area contributed by atoms with E-state index in [2.05, 4.69) is 5.32 Å². The van der Waals surface area contributed by atoms with Crippen LogP contribution in [0.3, 0.4) is 0 Å². The van der Waals surface area contributed by atoms with Crippen LogP contribution in [0.1, 0.15) is 28.8 Å². The van der Waals surface area contributed by atoms with Crippen LogP contribution in [0.15, 0.2) is 18.2 Å². The summed E-state index contributed by atoms with van der Waals surface area (Å²) in [6.45, 7) is 4.63. The van der Waals surface area contributed by atoms with Crippen LogP contribution in [0.2, 0.25) is 5.02 Å². The van der Waals surface area contributed by atoms with Crippen molar-refractivity contribution in [2.24, 2.45) is 5.92 Å². The van der Waals surface area contributed by atoms with Gasteiger partial charge in [0.2, 0.25) is 0 Å². The second kappa shape index (κ2) is 7.87. The lowest BCUT2D eigenvalue weighted by molar-refractivity contribution is 0.0673. The molecule has 1 atom stereocenters. The number of likely N-dealkylation sites (tertiary alicyclic amines) is 1. The van der Waals surface area contributed by atoms with E-state index < -0.39 is 0 Å².